The number of piperazine rings is 1. The summed E-state index contributed by atoms with van der Waals surface area (Å²) in [5.41, 5.74) is 2.53. The van der Waals surface area contributed by atoms with Crippen LogP contribution in [0.15, 0.2) is 53.8 Å². The zero-order valence-electron chi connectivity index (χ0n) is 21.0. The Hall–Kier alpha value is -3.45. The molecule has 0 aliphatic carbocycles. The van der Waals surface area contributed by atoms with Crippen molar-refractivity contribution in [2.45, 2.75) is 18.5 Å². The first-order valence-electron chi connectivity index (χ1n) is 11.8. The lowest BCUT2D eigenvalue weighted by Crippen LogP contribution is -2.48. The van der Waals surface area contributed by atoms with Gasteiger partial charge >= 0.3 is 0 Å². The molecule has 0 atom stereocenters. The van der Waals surface area contributed by atoms with Crippen molar-refractivity contribution in [3.8, 4) is 17.2 Å². The molecule has 1 aromatic heterocycles. The number of alkyl halides is 1. The number of aryl methyl sites for hydroxylation is 1. The molecular weight excluding hydrogens is 532 g/mol. The Kier molecular flexibility index (Phi) is 8.36. The summed E-state index contributed by atoms with van der Waals surface area (Å²) in [7, 11) is -2.34. The number of carbonyl (C=O) groups is 1. The molecule has 0 spiro atoms. The van der Waals surface area contributed by atoms with Crippen LogP contribution in [0, 0.1) is 6.92 Å². The molecule has 0 saturated carbocycles. The van der Waals surface area contributed by atoms with Crippen LogP contribution >= 0.6 is 11.6 Å². The van der Waals surface area contributed by atoms with E-state index in [-0.39, 0.29) is 28.4 Å². The van der Waals surface area contributed by atoms with Crippen LogP contribution in [0.2, 0.25) is 0 Å². The number of hydrogen-bond donors (Lipinski definition) is 2. The number of nitrogens with zero attached hydrogens (tertiary/aromatic N) is 5. The Balaban J connectivity index is 1.60. The predicted molar refractivity (Wildman–Crippen MR) is 143 cm³/mol. The molecule has 0 bridgehead atoms. The van der Waals surface area contributed by atoms with Crippen LogP contribution in [0.1, 0.15) is 11.1 Å². The van der Waals surface area contributed by atoms with Crippen molar-refractivity contribution in [1.29, 1.82) is 0 Å². The van der Waals surface area contributed by atoms with Crippen LogP contribution in [0.3, 0.4) is 0 Å². The number of ether oxygens (including phenoxy) is 1. The molecule has 202 valence electrons. The topological polar surface area (TPSA) is 142 Å². The number of carbonyl (C=O) groups excluding carboxylic acids is 1. The Bertz CT molecular complexity index is 1430. The number of rotatable bonds is 8. The van der Waals surface area contributed by atoms with Crippen LogP contribution in [0.4, 0.5) is 11.5 Å². The second-order valence-corrected chi connectivity index (χ2v) is 10.7. The molecule has 3 N–H and O–H groups in total. The number of anilines is 2. The fourth-order valence-electron chi connectivity index (χ4n) is 4.18. The van der Waals surface area contributed by atoms with Gasteiger partial charge in [-0.15, -0.1) is 11.6 Å². The number of benzene rings is 2. The number of halogens is 1. The molecule has 3 aromatic rings. The molecule has 13 heteroatoms. The van der Waals surface area contributed by atoms with Crippen molar-refractivity contribution in [1.82, 2.24) is 19.8 Å². The van der Waals surface area contributed by atoms with E-state index in [1.54, 1.807) is 22.9 Å². The molecule has 1 amide bonds. The lowest BCUT2D eigenvalue weighted by atomic mass is 10.1. The van der Waals surface area contributed by atoms with E-state index in [2.05, 4.69) is 14.9 Å². The summed E-state index contributed by atoms with van der Waals surface area (Å²) < 4.78 is 29.9. The second kappa shape index (κ2) is 11.5. The van der Waals surface area contributed by atoms with Gasteiger partial charge in [-0.3, -0.25) is 9.69 Å². The minimum atomic E-state index is -4.02. The quantitative estimate of drug-likeness (QED) is 0.314. The van der Waals surface area contributed by atoms with E-state index in [1.807, 2.05) is 25.1 Å². The predicted octanol–water partition coefficient (Wildman–Crippen LogP) is 2.58. The molecule has 1 aliphatic rings. The second-order valence-electron chi connectivity index (χ2n) is 8.97. The largest absolute Gasteiger partial charge is 0.508 e. The van der Waals surface area contributed by atoms with Gasteiger partial charge in [0.25, 0.3) is 10.0 Å². The maximum absolute atomic E-state index is 11.9. The Morgan fingerprint density at radius 1 is 1.11 bits per heavy atom. The van der Waals surface area contributed by atoms with Crippen molar-refractivity contribution >= 4 is 39.0 Å². The molecule has 4 rings (SSSR count). The zero-order chi connectivity index (χ0) is 27.4. The summed E-state index contributed by atoms with van der Waals surface area (Å²) >= 11 is 5.70. The minimum Gasteiger partial charge on any atom is -0.508 e. The first-order chi connectivity index (χ1) is 18.0. The monoisotopic (exact) mass is 560 g/mol. The van der Waals surface area contributed by atoms with Crippen LogP contribution < -0.4 is 14.8 Å². The van der Waals surface area contributed by atoms with Crippen molar-refractivity contribution < 1.29 is 23.1 Å². The van der Waals surface area contributed by atoms with E-state index in [0.29, 0.717) is 49.9 Å². The summed E-state index contributed by atoms with van der Waals surface area (Å²) in [6, 6.07) is 11.7. The summed E-state index contributed by atoms with van der Waals surface area (Å²) in [6.45, 7) is 5.22. The molecule has 1 saturated heterocycles. The van der Waals surface area contributed by atoms with Crippen LogP contribution in [-0.2, 0) is 21.4 Å². The summed E-state index contributed by atoms with van der Waals surface area (Å²) in [5, 5.41) is 15.1. The van der Waals surface area contributed by atoms with Gasteiger partial charge in [0.2, 0.25) is 5.91 Å². The Morgan fingerprint density at radius 2 is 1.84 bits per heavy atom. The van der Waals surface area contributed by atoms with Gasteiger partial charge in [0, 0.05) is 57.5 Å². The number of phenols is 1. The molecule has 11 nitrogen and oxygen atoms in total. The highest BCUT2D eigenvalue weighted by Gasteiger charge is 2.22. The van der Waals surface area contributed by atoms with Gasteiger partial charge in [0.15, 0.2) is 10.8 Å². The van der Waals surface area contributed by atoms with E-state index >= 15 is 0 Å². The van der Waals surface area contributed by atoms with E-state index < -0.39 is 10.0 Å². The number of sulfonamides is 1. The average Bonchev–Trinajstić information content (AvgIpc) is 2.89. The van der Waals surface area contributed by atoms with Gasteiger partial charge in [-0.05, 0) is 25.1 Å². The minimum absolute atomic E-state index is 0.00111. The van der Waals surface area contributed by atoms with Crippen LogP contribution in [-0.4, -0.2) is 78.3 Å². The van der Waals surface area contributed by atoms with Crippen LogP contribution in [0.25, 0.3) is 0 Å². The Morgan fingerprint density at radius 3 is 2.53 bits per heavy atom. The third-order valence-corrected chi connectivity index (χ3v) is 7.27. The lowest BCUT2D eigenvalue weighted by molar-refractivity contribution is -0.130. The average molecular weight is 561 g/mol. The first kappa shape index (κ1) is 27.6. The van der Waals surface area contributed by atoms with Gasteiger partial charge in [0.1, 0.15) is 29.5 Å². The number of amides is 1. The zero-order valence-corrected chi connectivity index (χ0v) is 22.6. The number of nitrogens with two attached hydrogens (primary N) is 1. The lowest BCUT2D eigenvalue weighted by Gasteiger charge is -2.34. The smallest absolute Gasteiger partial charge is 0.255 e. The van der Waals surface area contributed by atoms with E-state index in [4.69, 9.17) is 21.5 Å². The maximum atomic E-state index is 11.9. The van der Waals surface area contributed by atoms with Crippen LogP contribution in [0.5, 0.6) is 17.2 Å². The van der Waals surface area contributed by atoms with Crippen molar-refractivity contribution in [2.75, 3.05) is 44.0 Å². The van der Waals surface area contributed by atoms with Gasteiger partial charge in [-0.1, -0.05) is 17.7 Å². The number of aromatic nitrogens is 2. The summed E-state index contributed by atoms with van der Waals surface area (Å²) in [5.74, 6) is 1.13. The van der Waals surface area contributed by atoms with Crippen molar-refractivity contribution in [2.24, 2.45) is 5.14 Å². The summed E-state index contributed by atoms with van der Waals surface area (Å²) in [4.78, 5) is 25.4. The van der Waals surface area contributed by atoms with Gasteiger partial charge in [0.05, 0.1) is 5.69 Å². The number of aromatic hydroxyl groups is 1. The molecule has 2 aromatic carbocycles. The molecule has 0 unspecified atom stereocenters. The first-order valence-corrected chi connectivity index (χ1v) is 13.9. The molecule has 2 heterocycles. The van der Waals surface area contributed by atoms with Gasteiger partial charge < -0.3 is 19.6 Å². The fraction of sp³-hybridized carbons (Fsp3) is 0.320. The SMILES string of the molecule is Cc1ccc(Oc2cc(O)ccc2N(C)c2cc(S(N)(=O)=O)ncn2)c(CN2CCN(C(=O)CCl)CC2)c1. The van der Waals surface area contributed by atoms with E-state index in [1.165, 1.54) is 18.2 Å². The Labute approximate surface area is 226 Å². The van der Waals surface area contributed by atoms with E-state index in [0.717, 1.165) is 17.5 Å². The molecular formula is C25H29ClN6O5S. The van der Waals surface area contributed by atoms with Gasteiger partial charge in [-0.2, -0.15) is 0 Å². The van der Waals surface area contributed by atoms with Crippen molar-refractivity contribution in [3.05, 3.63) is 59.9 Å². The highest BCUT2D eigenvalue weighted by Crippen LogP contribution is 2.39. The standard InChI is InChI=1S/C25H29ClN6O5S/c1-17-3-6-21(18(11-17)15-31-7-9-32(10-8-31)25(34)14-26)37-22-12-19(33)4-5-20(22)30(2)23-13-24(29-16-28-23)38(27,35)36/h3-6,11-13,16,33H,7-10,14-15H2,1-2H3,(H2,27,35,36). The third kappa shape index (κ3) is 6.51. The normalized spacial score (nSPS) is 14.4. The third-order valence-electron chi connectivity index (χ3n) is 6.24. The molecule has 38 heavy (non-hydrogen) atoms. The molecule has 1 fully saturated rings. The molecule has 0 radical (unpaired) electrons. The summed E-state index contributed by atoms with van der Waals surface area (Å²) in [6.07, 6.45) is 1.12. The maximum Gasteiger partial charge on any atom is 0.255 e. The highest BCUT2D eigenvalue weighted by atomic mass is 35.5. The fourth-order valence-corrected chi connectivity index (χ4v) is 4.82. The highest BCUT2D eigenvalue weighted by molar-refractivity contribution is 7.89. The molecule has 1 aliphatic heterocycles. The number of primary sulfonamides is 1. The van der Waals surface area contributed by atoms with E-state index in [9.17, 15) is 18.3 Å². The van der Waals surface area contributed by atoms with Gasteiger partial charge in [-0.25, -0.2) is 23.5 Å². The number of hydrogen-bond acceptors (Lipinski definition) is 9. The van der Waals surface area contributed by atoms with Crippen molar-refractivity contribution in [3.63, 3.8) is 0 Å². The number of phenolic OH excluding ortho intramolecular Hbond substituents is 1.